The van der Waals surface area contributed by atoms with Gasteiger partial charge in [0.1, 0.15) is 6.10 Å². The highest BCUT2D eigenvalue weighted by Gasteiger charge is 2.71. The van der Waals surface area contributed by atoms with Crippen molar-refractivity contribution in [1.82, 2.24) is 0 Å². The highest BCUT2D eigenvalue weighted by molar-refractivity contribution is 5.95. The Morgan fingerprint density at radius 2 is 1.76 bits per heavy atom. The number of ether oxygens (including phenoxy) is 1. The molecule has 4 aliphatic carbocycles. The van der Waals surface area contributed by atoms with Crippen molar-refractivity contribution in [3.63, 3.8) is 0 Å². The van der Waals surface area contributed by atoms with Gasteiger partial charge in [-0.2, -0.15) is 0 Å². The summed E-state index contributed by atoms with van der Waals surface area (Å²) in [5.41, 5.74) is -2.46. The lowest BCUT2D eigenvalue weighted by atomic mass is 9.45. The van der Waals surface area contributed by atoms with E-state index >= 15 is 0 Å². The van der Waals surface area contributed by atoms with E-state index in [4.69, 9.17) is 4.74 Å². The highest BCUT2D eigenvalue weighted by atomic mass is 16.6. The molecule has 0 aromatic rings. The monoisotopic (exact) mass is 476 g/mol. The number of ketones is 1. The molecule has 1 saturated heterocycles. The van der Waals surface area contributed by atoms with Crippen molar-refractivity contribution in [3.05, 3.63) is 11.6 Å². The molecule has 0 amide bonds. The van der Waals surface area contributed by atoms with Crippen LogP contribution in [0.1, 0.15) is 80.1 Å². The summed E-state index contributed by atoms with van der Waals surface area (Å²) in [6.07, 6.45) is 3.15. The molecular formula is C28H44O6. The van der Waals surface area contributed by atoms with Gasteiger partial charge in [0.25, 0.3) is 0 Å². The number of allylic oxidation sites excluding steroid dienone is 1. The number of carbonyl (C=O) groups is 1. The minimum atomic E-state index is -1.16. The molecule has 34 heavy (non-hydrogen) atoms. The lowest BCUT2D eigenvalue weighted by Gasteiger charge is -2.60. The molecule has 3 saturated carbocycles. The first-order chi connectivity index (χ1) is 15.7. The van der Waals surface area contributed by atoms with Crippen molar-refractivity contribution in [2.24, 2.45) is 40.4 Å². The first-order valence-electron chi connectivity index (χ1n) is 13.4. The van der Waals surface area contributed by atoms with Gasteiger partial charge in [-0.15, -0.1) is 0 Å². The minimum absolute atomic E-state index is 0.00925. The van der Waals surface area contributed by atoms with E-state index in [0.29, 0.717) is 31.1 Å². The van der Waals surface area contributed by atoms with Gasteiger partial charge in [0.2, 0.25) is 0 Å². The molecule has 0 aromatic heterocycles. The molecule has 1 heterocycles. The smallest absolute Gasteiger partial charge is 0.159 e. The van der Waals surface area contributed by atoms with Gasteiger partial charge in [-0.1, -0.05) is 34.6 Å². The van der Waals surface area contributed by atoms with Crippen molar-refractivity contribution >= 4 is 5.78 Å². The molecule has 6 nitrogen and oxygen atoms in total. The third-order valence-electron chi connectivity index (χ3n) is 11.5. The van der Waals surface area contributed by atoms with E-state index in [1.54, 1.807) is 6.08 Å². The maximum absolute atomic E-state index is 13.3. The maximum atomic E-state index is 13.3. The van der Waals surface area contributed by atoms with Crippen LogP contribution >= 0.6 is 0 Å². The van der Waals surface area contributed by atoms with Gasteiger partial charge in [0, 0.05) is 11.3 Å². The lowest BCUT2D eigenvalue weighted by molar-refractivity contribution is -0.161. The van der Waals surface area contributed by atoms with Crippen LogP contribution in [0.2, 0.25) is 0 Å². The molecule has 6 heteroatoms. The zero-order chi connectivity index (χ0) is 25.0. The number of fused-ring (bicyclic) bond motifs is 5. The fraction of sp³-hybridized carbons (Fsp3) is 0.893. The molecule has 0 bridgehead atoms. The van der Waals surface area contributed by atoms with Gasteiger partial charge in [-0.05, 0) is 86.2 Å². The Labute approximate surface area is 203 Å². The molecule has 0 aromatic carbocycles. The van der Waals surface area contributed by atoms with E-state index in [1.165, 1.54) is 0 Å². The molecule has 12 atom stereocenters. The summed E-state index contributed by atoms with van der Waals surface area (Å²) in [5.74, 6) is 0.304. The number of hydrogen-bond acceptors (Lipinski definition) is 6. The molecule has 12 unspecified atom stereocenters. The van der Waals surface area contributed by atoms with E-state index in [2.05, 4.69) is 34.6 Å². The number of aliphatic hydroxyl groups is 4. The van der Waals surface area contributed by atoms with Crippen LogP contribution in [-0.4, -0.2) is 61.8 Å². The molecule has 4 fully saturated rings. The fourth-order valence-corrected chi connectivity index (χ4v) is 8.88. The largest absolute Gasteiger partial charge is 0.390 e. The summed E-state index contributed by atoms with van der Waals surface area (Å²) >= 11 is 0. The van der Waals surface area contributed by atoms with Gasteiger partial charge in [-0.25, -0.2) is 0 Å². The number of epoxide rings is 1. The Morgan fingerprint density at radius 3 is 2.41 bits per heavy atom. The van der Waals surface area contributed by atoms with Gasteiger partial charge < -0.3 is 25.2 Å². The average Bonchev–Trinajstić information content (AvgIpc) is 3.49. The van der Waals surface area contributed by atoms with Crippen LogP contribution in [0.5, 0.6) is 0 Å². The minimum Gasteiger partial charge on any atom is -0.390 e. The molecule has 5 rings (SSSR count). The Kier molecular flexibility index (Phi) is 5.57. The zero-order valence-corrected chi connectivity index (χ0v) is 21.6. The Morgan fingerprint density at radius 1 is 1.09 bits per heavy atom. The van der Waals surface area contributed by atoms with Crippen molar-refractivity contribution in [2.75, 3.05) is 0 Å². The van der Waals surface area contributed by atoms with Crippen LogP contribution in [0.15, 0.2) is 11.6 Å². The Hall–Kier alpha value is -0.790. The van der Waals surface area contributed by atoms with Gasteiger partial charge >= 0.3 is 0 Å². The van der Waals surface area contributed by atoms with Crippen molar-refractivity contribution in [3.8, 4) is 0 Å². The SMILES string of the molecule is CC(C)C(C)C1OC1C(C)(O)C1CCC2(O)C3=CC(=O)C4CC(O)C(O)CC4(C)C3CCC12C. The van der Waals surface area contributed by atoms with E-state index < -0.39 is 34.2 Å². The molecule has 0 spiro atoms. The summed E-state index contributed by atoms with van der Waals surface area (Å²) in [4.78, 5) is 13.3. The highest BCUT2D eigenvalue weighted by Crippen LogP contribution is 2.69. The predicted molar refractivity (Wildman–Crippen MR) is 128 cm³/mol. The van der Waals surface area contributed by atoms with E-state index in [0.717, 1.165) is 18.4 Å². The third-order valence-corrected chi connectivity index (χ3v) is 11.5. The Balaban J connectivity index is 1.47. The molecule has 0 radical (unpaired) electrons. The predicted octanol–water partition coefficient (Wildman–Crippen LogP) is 3.00. The number of aliphatic hydroxyl groups excluding tert-OH is 2. The van der Waals surface area contributed by atoms with Crippen LogP contribution in [0, 0.1) is 40.4 Å². The number of carbonyl (C=O) groups excluding carboxylic acids is 1. The van der Waals surface area contributed by atoms with Gasteiger partial charge in [0.15, 0.2) is 5.78 Å². The zero-order valence-electron chi connectivity index (χ0n) is 21.6. The number of hydrogen-bond donors (Lipinski definition) is 4. The second kappa shape index (κ2) is 7.61. The first-order valence-corrected chi connectivity index (χ1v) is 13.4. The van der Waals surface area contributed by atoms with Crippen molar-refractivity contribution in [1.29, 1.82) is 0 Å². The molecule has 4 N–H and O–H groups in total. The summed E-state index contributed by atoms with van der Waals surface area (Å²) in [6, 6.07) is 0. The normalized spacial score (nSPS) is 52.9. The fourth-order valence-electron chi connectivity index (χ4n) is 8.88. The van der Waals surface area contributed by atoms with E-state index in [9.17, 15) is 25.2 Å². The lowest BCUT2D eigenvalue weighted by Crippen LogP contribution is -2.62. The summed E-state index contributed by atoms with van der Waals surface area (Å²) in [7, 11) is 0. The second-order valence-corrected chi connectivity index (χ2v) is 13.4. The van der Waals surface area contributed by atoms with Crippen LogP contribution < -0.4 is 0 Å². The van der Waals surface area contributed by atoms with Crippen molar-refractivity contribution in [2.45, 2.75) is 116 Å². The maximum Gasteiger partial charge on any atom is 0.159 e. The van der Waals surface area contributed by atoms with Crippen molar-refractivity contribution < 1.29 is 30.0 Å². The summed E-state index contributed by atoms with van der Waals surface area (Å²) < 4.78 is 6.06. The molecule has 192 valence electrons. The van der Waals surface area contributed by atoms with Gasteiger partial charge in [-0.3, -0.25) is 4.79 Å². The Bertz CT molecular complexity index is 895. The second-order valence-electron chi connectivity index (χ2n) is 13.4. The first kappa shape index (κ1) is 24.9. The quantitative estimate of drug-likeness (QED) is 0.464. The van der Waals surface area contributed by atoms with Crippen LogP contribution in [0.3, 0.4) is 0 Å². The summed E-state index contributed by atoms with van der Waals surface area (Å²) in [6.45, 7) is 12.6. The standard InChI is InChI=1S/C28H44O6/c1-14(2)15(3)23-24(34-23)27(6,32)22-8-10-28(33)17-11-19(29)18-12-20(30)21(31)13-25(18,4)16(17)7-9-26(22,28)5/h11,14-16,18,20-24,30-33H,7-10,12-13H2,1-6H3. The third kappa shape index (κ3) is 3.14. The summed E-state index contributed by atoms with van der Waals surface area (Å²) in [5, 5.41) is 44.9. The topological polar surface area (TPSA) is 111 Å². The number of rotatable bonds is 4. The van der Waals surface area contributed by atoms with Gasteiger partial charge in [0.05, 0.1) is 29.5 Å². The van der Waals surface area contributed by atoms with Crippen LogP contribution in [0.25, 0.3) is 0 Å². The average molecular weight is 477 g/mol. The van der Waals surface area contributed by atoms with E-state index in [1.807, 2.05) is 6.92 Å². The van der Waals surface area contributed by atoms with E-state index in [-0.39, 0.29) is 42.2 Å². The van der Waals surface area contributed by atoms with Crippen LogP contribution in [0.4, 0.5) is 0 Å². The molecular weight excluding hydrogens is 432 g/mol. The van der Waals surface area contributed by atoms with Crippen LogP contribution in [-0.2, 0) is 9.53 Å². The molecule has 1 aliphatic heterocycles. The molecule has 5 aliphatic rings.